The monoisotopic (exact) mass is 305 g/mol. The number of hydrogen-bond donors (Lipinski definition) is 1. The first-order valence-electron chi connectivity index (χ1n) is 6.75. The number of rotatable bonds is 5. The lowest BCUT2D eigenvalue weighted by atomic mass is 10.1. The third-order valence-electron chi connectivity index (χ3n) is 3.21. The van der Waals surface area contributed by atoms with Crippen LogP contribution in [0.25, 0.3) is 0 Å². The van der Waals surface area contributed by atoms with Crippen LogP contribution in [-0.2, 0) is 10.0 Å². The van der Waals surface area contributed by atoms with Crippen LogP contribution in [0.15, 0.2) is 53.7 Å². The van der Waals surface area contributed by atoms with E-state index in [9.17, 15) is 8.42 Å². The molecular weight excluding hydrogens is 286 g/mol. The Morgan fingerprint density at radius 2 is 1.90 bits per heavy atom. The Balaban J connectivity index is 2.47. The van der Waals surface area contributed by atoms with Crippen molar-refractivity contribution in [3.05, 3.63) is 54.4 Å². The van der Waals surface area contributed by atoms with Crippen molar-refractivity contribution in [1.29, 1.82) is 0 Å². The first-order chi connectivity index (χ1) is 9.96. The Labute approximate surface area is 125 Å². The van der Waals surface area contributed by atoms with E-state index in [1.54, 1.807) is 49.6 Å². The number of aromatic nitrogens is 1. The van der Waals surface area contributed by atoms with Crippen LogP contribution in [0.4, 0.5) is 5.69 Å². The van der Waals surface area contributed by atoms with Gasteiger partial charge in [0, 0.05) is 25.0 Å². The van der Waals surface area contributed by atoms with Gasteiger partial charge in [-0.1, -0.05) is 12.1 Å². The number of nitrogens with zero attached hydrogens (tertiary/aromatic N) is 2. The summed E-state index contributed by atoms with van der Waals surface area (Å²) in [5.74, 6) is 0. The van der Waals surface area contributed by atoms with E-state index < -0.39 is 10.0 Å². The zero-order valence-electron chi connectivity index (χ0n) is 12.1. The summed E-state index contributed by atoms with van der Waals surface area (Å²) >= 11 is 0. The summed E-state index contributed by atoms with van der Waals surface area (Å²) in [6.45, 7) is 3.97. The summed E-state index contributed by atoms with van der Waals surface area (Å²) in [4.78, 5) is 4.16. The van der Waals surface area contributed by atoms with Crippen molar-refractivity contribution < 1.29 is 8.42 Å². The van der Waals surface area contributed by atoms with Gasteiger partial charge >= 0.3 is 0 Å². The SMILES string of the molecule is CCN(c1ccncc1)S(=O)(=O)c1cccc(C(C)N)c1. The topological polar surface area (TPSA) is 76.3 Å². The Hall–Kier alpha value is -1.92. The van der Waals surface area contributed by atoms with E-state index in [1.165, 1.54) is 4.31 Å². The number of hydrogen-bond acceptors (Lipinski definition) is 4. The third-order valence-corrected chi connectivity index (χ3v) is 5.11. The zero-order valence-corrected chi connectivity index (χ0v) is 12.9. The second kappa shape index (κ2) is 6.24. The molecule has 1 heterocycles. The molecule has 2 N–H and O–H groups in total. The van der Waals surface area contributed by atoms with Crippen LogP contribution in [0, 0.1) is 0 Å². The van der Waals surface area contributed by atoms with Gasteiger partial charge in [-0.3, -0.25) is 9.29 Å². The molecule has 0 radical (unpaired) electrons. The Morgan fingerprint density at radius 1 is 1.24 bits per heavy atom. The molecule has 0 saturated carbocycles. The quantitative estimate of drug-likeness (QED) is 0.919. The van der Waals surface area contributed by atoms with Crippen LogP contribution in [0.5, 0.6) is 0 Å². The van der Waals surface area contributed by atoms with Crippen molar-refractivity contribution in [3.8, 4) is 0 Å². The summed E-state index contributed by atoms with van der Waals surface area (Å²) in [6.07, 6.45) is 3.15. The molecular formula is C15H19N3O2S. The minimum Gasteiger partial charge on any atom is -0.324 e. The van der Waals surface area contributed by atoms with Gasteiger partial charge in [-0.25, -0.2) is 8.42 Å². The predicted molar refractivity (Wildman–Crippen MR) is 83.5 cm³/mol. The molecule has 0 aliphatic rings. The summed E-state index contributed by atoms with van der Waals surface area (Å²) in [5.41, 5.74) is 7.22. The zero-order chi connectivity index (χ0) is 15.5. The average Bonchev–Trinajstić information content (AvgIpc) is 2.49. The van der Waals surface area contributed by atoms with Crippen molar-refractivity contribution in [1.82, 2.24) is 4.98 Å². The molecule has 6 heteroatoms. The minimum absolute atomic E-state index is 0.212. The molecule has 0 fully saturated rings. The molecule has 1 atom stereocenters. The van der Waals surface area contributed by atoms with Crippen molar-refractivity contribution in [3.63, 3.8) is 0 Å². The van der Waals surface area contributed by atoms with Crippen LogP contribution in [0.1, 0.15) is 25.5 Å². The van der Waals surface area contributed by atoms with Crippen molar-refractivity contribution in [2.24, 2.45) is 5.73 Å². The predicted octanol–water partition coefficient (Wildman–Crippen LogP) is 2.32. The van der Waals surface area contributed by atoms with Gasteiger partial charge in [-0.2, -0.15) is 0 Å². The highest BCUT2D eigenvalue weighted by Gasteiger charge is 2.23. The second-order valence-corrected chi connectivity index (χ2v) is 6.60. The summed E-state index contributed by atoms with van der Waals surface area (Å²) in [7, 11) is -3.61. The van der Waals surface area contributed by atoms with E-state index in [1.807, 2.05) is 13.0 Å². The molecule has 0 spiro atoms. The lowest BCUT2D eigenvalue weighted by Gasteiger charge is -2.23. The fourth-order valence-corrected chi connectivity index (χ4v) is 3.62. The highest BCUT2D eigenvalue weighted by atomic mass is 32.2. The van der Waals surface area contributed by atoms with Crippen LogP contribution < -0.4 is 10.0 Å². The summed E-state index contributed by atoms with van der Waals surface area (Å²) in [5, 5.41) is 0. The Kier molecular flexibility index (Phi) is 4.59. The van der Waals surface area contributed by atoms with Crippen molar-refractivity contribution in [2.45, 2.75) is 24.8 Å². The van der Waals surface area contributed by atoms with Crippen LogP contribution in [0.3, 0.4) is 0 Å². The van der Waals surface area contributed by atoms with Gasteiger partial charge in [0.05, 0.1) is 10.6 Å². The van der Waals surface area contributed by atoms with E-state index in [0.717, 1.165) is 5.56 Å². The van der Waals surface area contributed by atoms with E-state index in [2.05, 4.69) is 4.98 Å². The van der Waals surface area contributed by atoms with E-state index in [0.29, 0.717) is 12.2 Å². The summed E-state index contributed by atoms with van der Waals surface area (Å²) < 4.78 is 27.0. The number of sulfonamides is 1. The van der Waals surface area contributed by atoms with Crippen LogP contribution >= 0.6 is 0 Å². The van der Waals surface area contributed by atoms with Gasteiger partial charge in [0.25, 0.3) is 10.0 Å². The molecule has 112 valence electrons. The molecule has 0 saturated heterocycles. The molecule has 5 nitrogen and oxygen atoms in total. The van der Waals surface area contributed by atoms with Gasteiger partial charge < -0.3 is 5.73 Å². The van der Waals surface area contributed by atoms with Gasteiger partial charge in [0.2, 0.25) is 0 Å². The van der Waals surface area contributed by atoms with E-state index in [4.69, 9.17) is 5.73 Å². The first-order valence-corrected chi connectivity index (χ1v) is 8.19. The molecule has 2 rings (SSSR count). The number of benzene rings is 1. The minimum atomic E-state index is -3.61. The normalized spacial score (nSPS) is 12.9. The maximum atomic E-state index is 12.8. The standard InChI is InChI=1S/C15H19N3O2S/c1-3-18(14-7-9-17-10-8-14)21(19,20)15-6-4-5-13(11-15)12(2)16/h4-12H,3,16H2,1-2H3. The fourth-order valence-electron chi connectivity index (χ4n) is 2.09. The highest BCUT2D eigenvalue weighted by Crippen LogP contribution is 2.24. The van der Waals surface area contributed by atoms with Gasteiger partial charge in [0.1, 0.15) is 0 Å². The maximum Gasteiger partial charge on any atom is 0.264 e. The smallest absolute Gasteiger partial charge is 0.264 e. The highest BCUT2D eigenvalue weighted by molar-refractivity contribution is 7.92. The van der Waals surface area contributed by atoms with Crippen molar-refractivity contribution in [2.75, 3.05) is 10.8 Å². The second-order valence-electron chi connectivity index (χ2n) is 4.74. The number of nitrogens with two attached hydrogens (primary N) is 1. The van der Waals surface area contributed by atoms with E-state index in [-0.39, 0.29) is 10.9 Å². The first kappa shape index (κ1) is 15.5. The van der Waals surface area contributed by atoms with Gasteiger partial charge in [-0.05, 0) is 43.7 Å². The molecule has 21 heavy (non-hydrogen) atoms. The van der Waals surface area contributed by atoms with E-state index >= 15 is 0 Å². The molecule has 2 aromatic rings. The number of anilines is 1. The molecule has 1 unspecified atom stereocenters. The largest absolute Gasteiger partial charge is 0.324 e. The van der Waals surface area contributed by atoms with Gasteiger partial charge in [-0.15, -0.1) is 0 Å². The maximum absolute atomic E-state index is 12.8. The molecule has 0 bridgehead atoms. The van der Waals surface area contributed by atoms with Crippen LogP contribution in [0.2, 0.25) is 0 Å². The average molecular weight is 305 g/mol. The number of pyridine rings is 1. The Bertz CT molecular complexity index is 700. The van der Waals surface area contributed by atoms with Gasteiger partial charge in [0.15, 0.2) is 0 Å². The molecule has 0 amide bonds. The third kappa shape index (κ3) is 3.22. The van der Waals surface area contributed by atoms with Crippen molar-refractivity contribution >= 4 is 15.7 Å². The Morgan fingerprint density at radius 3 is 2.48 bits per heavy atom. The molecule has 0 aliphatic carbocycles. The fraction of sp³-hybridized carbons (Fsp3) is 0.267. The summed E-state index contributed by atoms with van der Waals surface area (Å²) in [6, 6.07) is 9.90. The molecule has 1 aromatic carbocycles. The molecule has 0 aliphatic heterocycles. The lowest BCUT2D eigenvalue weighted by Crippen LogP contribution is -2.30. The lowest BCUT2D eigenvalue weighted by molar-refractivity contribution is 0.591. The molecule has 1 aromatic heterocycles. The van der Waals surface area contributed by atoms with Crippen LogP contribution in [-0.4, -0.2) is 19.9 Å².